The van der Waals surface area contributed by atoms with E-state index in [1.165, 1.54) is 37.5 Å². The zero-order valence-electron chi connectivity index (χ0n) is 27.2. The first-order chi connectivity index (χ1) is 23.5. The summed E-state index contributed by atoms with van der Waals surface area (Å²) in [5, 5.41) is 31.5. The number of carbonyl (C=O) groups is 2. The molecule has 0 unspecified atom stereocenters. The van der Waals surface area contributed by atoms with E-state index in [1.54, 1.807) is 24.3 Å². The number of amides is 2. The summed E-state index contributed by atoms with van der Waals surface area (Å²) in [6.45, 7) is 3.68. The van der Waals surface area contributed by atoms with Crippen LogP contribution in [0.15, 0.2) is 61.2 Å². The monoisotopic (exact) mass is 719 g/mol. The smallest absolute Gasteiger partial charge is 0.409 e. The van der Waals surface area contributed by atoms with Gasteiger partial charge in [0, 0.05) is 11.8 Å². The van der Waals surface area contributed by atoms with Gasteiger partial charge in [-0.1, -0.05) is 62.7 Å². The van der Waals surface area contributed by atoms with Gasteiger partial charge in [0.1, 0.15) is 24.7 Å². The third kappa shape index (κ3) is 7.42. The fourth-order valence-electron chi connectivity index (χ4n) is 5.85. The standard InChI is InChI=1S/C32H34ClF4N9O4/c1-17(47)42-30(49)50-14-24(19-7-10-22(33)23(11-19)46-26(25(34)35)39-16-41-46)45-27(48)32(43-29(45)38,15-31(2,3)4)21-8-5-18(6-9-21)20-12-40-44(13-20)28(36)37/h5-13,16-17,24-25,28,47H,14-15H2,1-4H3,(H2,38,43)(H,42,49)/t17-,24-,32-/m1/s1. The number of aliphatic hydroxyl groups excluding tert-OH is 1. The highest BCUT2D eigenvalue weighted by atomic mass is 35.5. The minimum absolute atomic E-state index is 0.00626. The summed E-state index contributed by atoms with van der Waals surface area (Å²) in [6, 6.07) is 9.66. The molecule has 0 aliphatic carbocycles. The maximum Gasteiger partial charge on any atom is 0.409 e. The van der Waals surface area contributed by atoms with Crippen molar-refractivity contribution >= 4 is 29.6 Å². The molecule has 13 nitrogen and oxygen atoms in total. The van der Waals surface area contributed by atoms with Crippen LogP contribution < -0.4 is 10.6 Å². The van der Waals surface area contributed by atoms with E-state index in [0.29, 0.717) is 21.4 Å². The number of carbonyl (C=O) groups excluding carboxylic acids is 2. The van der Waals surface area contributed by atoms with Crippen molar-refractivity contribution in [1.82, 2.24) is 40.1 Å². The Bertz CT molecular complexity index is 1880. The van der Waals surface area contributed by atoms with Crippen LogP contribution in [0.3, 0.4) is 0 Å². The number of hydrogen-bond acceptors (Lipinski definition) is 8. The number of benzene rings is 2. The van der Waals surface area contributed by atoms with Crippen LogP contribution in [0.5, 0.6) is 0 Å². The SMILES string of the molecule is C[C@@H](O)NC(=O)OC[C@H](c1ccc(Cl)c(-n2ncnc2C(F)F)c1)N1C(=N)N[C@](CC(C)(C)C)(c2ccc(-c3cnn(C(F)F)c3)cc2)C1=O. The molecule has 1 aliphatic heterocycles. The van der Waals surface area contributed by atoms with E-state index in [4.69, 9.17) is 21.7 Å². The molecule has 5 rings (SSSR count). The molecule has 1 saturated heterocycles. The number of hydrogen-bond donors (Lipinski definition) is 4. The number of guanidine groups is 1. The molecule has 3 heterocycles. The predicted molar refractivity (Wildman–Crippen MR) is 173 cm³/mol. The molecular weight excluding hydrogens is 686 g/mol. The number of aliphatic hydroxyl groups is 1. The van der Waals surface area contributed by atoms with E-state index in [2.05, 4.69) is 25.8 Å². The number of nitrogens with zero attached hydrogens (tertiary/aromatic N) is 6. The molecule has 4 N–H and O–H groups in total. The van der Waals surface area contributed by atoms with Crippen molar-refractivity contribution in [3.63, 3.8) is 0 Å². The number of aromatic nitrogens is 5. The van der Waals surface area contributed by atoms with Crippen LogP contribution in [-0.2, 0) is 15.1 Å². The van der Waals surface area contributed by atoms with Crippen LogP contribution in [-0.4, -0.2) is 65.3 Å². The average Bonchev–Trinajstić information content (AvgIpc) is 3.77. The molecule has 4 aromatic rings. The largest absolute Gasteiger partial charge is 0.447 e. The lowest BCUT2D eigenvalue weighted by Gasteiger charge is -2.35. The zero-order chi connectivity index (χ0) is 36.5. The Kier molecular flexibility index (Phi) is 10.2. The van der Waals surface area contributed by atoms with E-state index in [1.807, 2.05) is 20.8 Å². The van der Waals surface area contributed by atoms with Gasteiger partial charge in [-0.05, 0) is 47.6 Å². The van der Waals surface area contributed by atoms with Gasteiger partial charge >= 0.3 is 12.6 Å². The van der Waals surface area contributed by atoms with Crippen LogP contribution in [0.2, 0.25) is 5.02 Å². The molecule has 50 heavy (non-hydrogen) atoms. The summed E-state index contributed by atoms with van der Waals surface area (Å²) in [6.07, 6.45) is -1.67. The van der Waals surface area contributed by atoms with Gasteiger partial charge in [-0.3, -0.25) is 20.4 Å². The summed E-state index contributed by atoms with van der Waals surface area (Å²) in [7, 11) is 0. The van der Waals surface area contributed by atoms with E-state index in [9.17, 15) is 32.3 Å². The lowest BCUT2D eigenvalue weighted by Crippen LogP contribution is -2.47. The van der Waals surface area contributed by atoms with Crippen molar-refractivity contribution in [2.75, 3.05) is 6.61 Å². The summed E-state index contributed by atoms with van der Waals surface area (Å²) >= 11 is 6.41. The highest BCUT2D eigenvalue weighted by molar-refractivity contribution is 6.32. The molecule has 0 radical (unpaired) electrons. The fraction of sp³-hybridized carbons (Fsp3) is 0.375. The maximum atomic E-state index is 14.8. The second kappa shape index (κ2) is 14.1. The summed E-state index contributed by atoms with van der Waals surface area (Å²) in [4.78, 5) is 32.0. The summed E-state index contributed by atoms with van der Waals surface area (Å²) in [5.41, 5.74) is -0.339. The number of ether oxygens (including phenoxy) is 1. The van der Waals surface area contributed by atoms with Crippen molar-refractivity contribution in [2.24, 2.45) is 5.41 Å². The molecule has 0 spiro atoms. The van der Waals surface area contributed by atoms with Crippen LogP contribution in [0.4, 0.5) is 22.4 Å². The van der Waals surface area contributed by atoms with Crippen molar-refractivity contribution < 1.29 is 37.0 Å². The van der Waals surface area contributed by atoms with Crippen molar-refractivity contribution in [1.29, 1.82) is 5.41 Å². The molecule has 2 amide bonds. The van der Waals surface area contributed by atoms with Crippen molar-refractivity contribution in [3.05, 3.63) is 83.2 Å². The topological polar surface area (TPSA) is 163 Å². The van der Waals surface area contributed by atoms with Crippen molar-refractivity contribution in [3.8, 4) is 16.8 Å². The minimum Gasteiger partial charge on any atom is -0.447 e. The number of rotatable bonds is 11. The lowest BCUT2D eigenvalue weighted by atomic mass is 9.75. The Morgan fingerprint density at radius 3 is 2.42 bits per heavy atom. The number of alkyl carbamates (subject to hydrolysis) is 1. The molecular formula is C32H34ClF4N9O4. The number of halogens is 5. The molecule has 3 atom stereocenters. The third-order valence-corrected chi connectivity index (χ3v) is 8.15. The summed E-state index contributed by atoms with van der Waals surface area (Å²) in [5.74, 6) is -1.63. The molecule has 18 heteroatoms. The number of nitrogens with one attached hydrogen (secondary N) is 3. The Morgan fingerprint density at radius 1 is 1.12 bits per heavy atom. The molecule has 1 fully saturated rings. The highest BCUT2D eigenvalue weighted by Gasteiger charge is 2.54. The van der Waals surface area contributed by atoms with E-state index in [-0.39, 0.29) is 28.7 Å². The van der Waals surface area contributed by atoms with Gasteiger partial charge in [0.2, 0.25) is 0 Å². The van der Waals surface area contributed by atoms with Gasteiger partial charge in [0.25, 0.3) is 12.3 Å². The van der Waals surface area contributed by atoms with E-state index < -0.39 is 60.6 Å². The van der Waals surface area contributed by atoms with Gasteiger partial charge < -0.3 is 15.2 Å². The van der Waals surface area contributed by atoms with Gasteiger partial charge in [-0.25, -0.2) is 27.9 Å². The molecule has 1 aliphatic rings. The Hall–Kier alpha value is -5.03. The molecule has 0 saturated carbocycles. The van der Waals surface area contributed by atoms with Gasteiger partial charge in [0.05, 0.1) is 22.9 Å². The first-order valence-corrected chi connectivity index (χ1v) is 15.6. The second-order valence-electron chi connectivity index (χ2n) is 12.8. The zero-order valence-corrected chi connectivity index (χ0v) is 28.0. The van der Waals surface area contributed by atoms with E-state index >= 15 is 0 Å². The second-order valence-corrected chi connectivity index (χ2v) is 13.2. The minimum atomic E-state index is -3.00. The van der Waals surface area contributed by atoms with E-state index in [0.717, 1.165) is 15.9 Å². The molecule has 0 bridgehead atoms. The first kappa shape index (κ1) is 36.3. The van der Waals surface area contributed by atoms with Gasteiger partial charge in [0.15, 0.2) is 11.8 Å². The Morgan fingerprint density at radius 2 is 1.82 bits per heavy atom. The fourth-order valence-corrected chi connectivity index (χ4v) is 6.04. The average molecular weight is 720 g/mol. The van der Waals surface area contributed by atoms with Crippen molar-refractivity contribution in [2.45, 2.75) is 64.9 Å². The Labute approximate surface area is 288 Å². The van der Waals surface area contributed by atoms with Crippen LogP contribution in [0.25, 0.3) is 16.8 Å². The van der Waals surface area contributed by atoms with Crippen LogP contribution in [0.1, 0.15) is 70.1 Å². The Balaban J connectivity index is 1.58. The molecule has 2 aromatic carbocycles. The maximum absolute atomic E-state index is 14.8. The quantitative estimate of drug-likeness (QED) is 0.110. The predicted octanol–water partition coefficient (Wildman–Crippen LogP) is 5.92. The molecule has 266 valence electrons. The lowest BCUT2D eigenvalue weighted by molar-refractivity contribution is -0.134. The van der Waals surface area contributed by atoms with Crippen LogP contribution >= 0.6 is 11.6 Å². The first-order valence-electron chi connectivity index (χ1n) is 15.2. The van der Waals surface area contributed by atoms with Gasteiger partial charge in [-0.15, -0.1) is 0 Å². The molecule has 2 aromatic heterocycles. The number of alkyl halides is 4. The van der Waals surface area contributed by atoms with Crippen LogP contribution in [0, 0.1) is 10.8 Å². The van der Waals surface area contributed by atoms with Gasteiger partial charge in [-0.2, -0.15) is 19.0 Å². The highest BCUT2D eigenvalue weighted by Crippen LogP contribution is 2.43. The normalized spacial score (nSPS) is 17.7. The third-order valence-electron chi connectivity index (χ3n) is 7.83. The summed E-state index contributed by atoms with van der Waals surface area (Å²) < 4.78 is 60.6.